The predicted molar refractivity (Wildman–Crippen MR) is 152 cm³/mol. The van der Waals surface area contributed by atoms with Gasteiger partial charge in [-0.2, -0.15) is 5.26 Å². The van der Waals surface area contributed by atoms with Crippen LogP contribution in [-0.2, 0) is 11.4 Å². The quantitative estimate of drug-likeness (QED) is 0.322. The molecule has 2 aliphatic rings. The zero-order chi connectivity index (χ0) is 27.0. The first-order valence-corrected chi connectivity index (χ1v) is 13.5. The monoisotopic (exact) mass is 588 g/mol. The molecule has 6 nitrogen and oxygen atoms in total. The maximum Gasteiger partial charge on any atom is 0.161 e. The number of carbonyl (C=O) groups is 1. The maximum atomic E-state index is 13.5. The van der Waals surface area contributed by atoms with E-state index < -0.39 is 5.92 Å². The number of hydrogen-bond acceptors (Lipinski definition) is 6. The summed E-state index contributed by atoms with van der Waals surface area (Å²) in [5.41, 5.74) is 12.8. The molecule has 38 heavy (non-hydrogen) atoms. The van der Waals surface area contributed by atoms with Crippen molar-refractivity contribution in [3.63, 3.8) is 0 Å². The van der Waals surface area contributed by atoms with Gasteiger partial charge in [-0.3, -0.25) is 9.69 Å². The third kappa shape index (κ3) is 4.70. The second kappa shape index (κ2) is 10.6. The third-order valence-corrected chi connectivity index (χ3v) is 7.93. The SMILES string of the molecule is Cc1cc(COc2ccc(Br)cc2)c(C)c(C2C(C#N)=C(N)N(c3cccnc3Cl)C3=C2C(=O)CCC3)c1. The van der Waals surface area contributed by atoms with Gasteiger partial charge in [0.15, 0.2) is 10.9 Å². The number of anilines is 1. The normalized spacial score (nSPS) is 17.4. The molecule has 8 heteroatoms. The highest BCUT2D eigenvalue weighted by Crippen LogP contribution is 2.48. The van der Waals surface area contributed by atoms with Gasteiger partial charge in [0.25, 0.3) is 0 Å². The number of aromatic nitrogens is 1. The standard InChI is InChI=1S/C30H26BrClN4O2/c1-17-13-19(16-38-21-10-8-20(31)9-11-21)18(2)22(14-17)27-23(15-33)30(34)36(25-6-4-12-35-29(25)32)24-5-3-7-26(37)28(24)27/h4,6,8-14,27H,3,5,7,16,34H2,1-2H3. The summed E-state index contributed by atoms with van der Waals surface area (Å²) in [5.74, 6) is 0.483. The van der Waals surface area contributed by atoms with Gasteiger partial charge in [0.1, 0.15) is 18.2 Å². The topological polar surface area (TPSA) is 92.2 Å². The van der Waals surface area contributed by atoms with Gasteiger partial charge in [-0.15, -0.1) is 0 Å². The average Bonchev–Trinajstić information content (AvgIpc) is 2.90. The lowest BCUT2D eigenvalue weighted by Crippen LogP contribution is -2.39. The van der Waals surface area contributed by atoms with E-state index in [9.17, 15) is 10.1 Å². The minimum absolute atomic E-state index is 0.0232. The van der Waals surface area contributed by atoms with Gasteiger partial charge in [-0.1, -0.05) is 45.2 Å². The zero-order valence-corrected chi connectivity index (χ0v) is 23.4. The first-order valence-electron chi connectivity index (χ1n) is 12.3. The van der Waals surface area contributed by atoms with Crippen molar-refractivity contribution in [2.75, 3.05) is 4.90 Å². The summed E-state index contributed by atoms with van der Waals surface area (Å²) >= 11 is 9.90. The van der Waals surface area contributed by atoms with E-state index in [-0.39, 0.29) is 16.8 Å². The molecule has 1 aliphatic heterocycles. The molecule has 0 spiro atoms. The second-order valence-corrected chi connectivity index (χ2v) is 10.8. The molecular formula is C30H26BrClN4O2. The van der Waals surface area contributed by atoms with E-state index in [4.69, 9.17) is 22.1 Å². The fraction of sp³-hybridized carbons (Fsp3) is 0.233. The summed E-state index contributed by atoms with van der Waals surface area (Å²) < 4.78 is 7.06. The molecule has 0 fully saturated rings. The fourth-order valence-electron chi connectivity index (χ4n) is 5.32. The van der Waals surface area contributed by atoms with Crippen molar-refractivity contribution < 1.29 is 9.53 Å². The van der Waals surface area contributed by atoms with E-state index in [0.29, 0.717) is 42.7 Å². The summed E-state index contributed by atoms with van der Waals surface area (Å²) in [6.45, 7) is 4.37. The van der Waals surface area contributed by atoms with Crippen LogP contribution in [0.4, 0.5) is 5.69 Å². The third-order valence-electron chi connectivity index (χ3n) is 7.11. The number of nitrogens with zero attached hydrogens (tertiary/aromatic N) is 3. The van der Waals surface area contributed by atoms with Crippen molar-refractivity contribution in [3.8, 4) is 11.8 Å². The average molecular weight is 590 g/mol. The van der Waals surface area contributed by atoms with Crippen molar-refractivity contribution in [2.24, 2.45) is 5.73 Å². The van der Waals surface area contributed by atoms with Crippen molar-refractivity contribution >= 4 is 39.0 Å². The second-order valence-electron chi connectivity index (χ2n) is 9.51. The van der Waals surface area contributed by atoms with Gasteiger partial charge in [-0.25, -0.2) is 4.98 Å². The van der Waals surface area contributed by atoms with Crippen LogP contribution in [-0.4, -0.2) is 10.8 Å². The Hall–Kier alpha value is -3.60. The lowest BCUT2D eigenvalue weighted by Gasteiger charge is -2.40. The number of nitriles is 1. The Morgan fingerprint density at radius 1 is 1.21 bits per heavy atom. The van der Waals surface area contributed by atoms with Gasteiger partial charge >= 0.3 is 0 Å². The Morgan fingerprint density at radius 3 is 2.68 bits per heavy atom. The summed E-state index contributed by atoms with van der Waals surface area (Å²) in [7, 11) is 0. The summed E-state index contributed by atoms with van der Waals surface area (Å²) in [5, 5.41) is 10.6. The van der Waals surface area contributed by atoms with Crippen LogP contribution in [0.5, 0.6) is 5.75 Å². The van der Waals surface area contributed by atoms with Crippen LogP contribution in [0.15, 0.2) is 81.9 Å². The molecule has 0 amide bonds. The molecule has 0 saturated carbocycles. The molecule has 192 valence electrons. The lowest BCUT2D eigenvalue weighted by molar-refractivity contribution is -0.116. The van der Waals surface area contributed by atoms with E-state index in [1.54, 1.807) is 23.2 Å². The smallest absolute Gasteiger partial charge is 0.161 e. The van der Waals surface area contributed by atoms with Crippen molar-refractivity contribution in [3.05, 3.63) is 109 Å². The largest absolute Gasteiger partial charge is 0.489 e. The van der Waals surface area contributed by atoms with Crippen LogP contribution < -0.4 is 15.4 Å². The maximum absolute atomic E-state index is 13.5. The number of halogens is 2. The van der Waals surface area contributed by atoms with Gasteiger partial charge in [0, 0.05) is 28.4 Å². The Morgan fingerprint density at radius 2 is 1.97 bits per heavy atom. The number of Topliss-reactive ketones (excluding diaryl/α,β-unsaturated/α-hetero) is 1. The molecule has 0 saturated heterocycles. The fourth-order valence-corrected chi connectivity index (χ4v) is 5.79. The molecule has 1 atom stereocenters. The van der Waals surface area contributed by atoms with E-state index in [2.05, 4.69) is 33.0 Å². The summed E-state index contributed by atoms with van der Waals surface area (Å²) in [6, 6.07) is 17.7. The van der Waals surface area contributed by atoms with Crippen LogP contribution in [0, 0.1) is 25.2 Å². The Balaban J connectivity index is 1.64. The number of hydrogen-bond donors (Lipinski definition) is 1. The molecule has 5 rings (SSSR count). The van der Waals surface area contributed by atoms with E-state index in [0.717, 1.165) is 38.2 Å². The van der Waals surface area contributed by atoms with Gasteiger partial charge < -0.3 is 10.5 Å². The number of ether oxygens (including phenoxy) is 1. The number of pyridine rings is 1. The molecule has 2 aromatic carbocycles. The zero-order valence-electron chi connectivity index (χ0n) is 21.1. The Labute approximate surface area is 235 Å². The van der Waals surface area contributed by atoms with E-state index in [1.165, 1.54) is 0 Å². The molecule has 0 radical (unpaired) electrons. The van der Waals surface area contributed by atoms with Crippen LogP contribution in [0.25, 0.3) is 0 Å². The van der Waals surface area contributed by atoms with Crippen LogP contribution >= 0.6 is 27.5 Å². The molecule has 1 unspecified atom stereocenters. The van der Waals surface area contributed by atoms with Gasteiger partial charge in [0.2, 0.25) is 0 Å². The summed E-state index contributed by atoms with van der Waals surface area (Å²) in [4.78, 5) is 19.5. The summed E-state index contributed by atoms with van der Waals surface area (Å²) in [6.07, 6.45) is 3.37. The lowest BCUT2D eigenvalue weighted by atomic mass is 9.73. The number of allylic oxidation sites excluding steroid dienone is 3. The molecular weight excluding hydrogens is 564 g/mol. The van der Waals surface area contributed by atoms with Crippen molar-refractivity contribution in [1.82, 2.24) is 4.98 Å². The molecule has 1 aromatic heterocycles. The van der Waals surface area contributed by atoms with Crippen molar-refractivity contribution in [2.45, 2.75) is 45.6 Å². The minimum Gasteiger partial charge on any atom is -0.489 e. The van der Waals surface area contributed by atoms with Crippen LogP contribution in [0.2, 0.25) is 5.15 Å². The highest BCUT2D eigenvalue weighted by Gasteiger charge is 2.41. The predicted octanol–water partition coefficient (Wildman–Crippen LogP) is 7.00. The van der Waals surface area contributed by atoms with Gasteiger partial charge in [0.05, 0.1) is 23.2 Å². The molecule has 0 bridgehead atoms. The van der Waals surface area contributed by atoms with Crippen LogP contribution in [0.3, 0.4) is 0 Å². The Bertz CT molecular complexity index is 1540. The number of carbonyl (C=O) groups excluding carboxylic acids is 1. The number of aryl methyl sites for hydroxylation is 1. The van der Waals surface area contributed by atoms with Crippen LogP contribution in [0.1, 0.15) is 47.4 Å². The minimum atomic E-state index is -0.569. The van der Waals surface area contributed by atoms with Gasteiger partial charge in [-0.05, 0) is 79.8 Å². The highest BCUT2D eigenvalue weighted by atomic mass is 79.9. The highest BCUT2D eigenvalue weighted by molar-refractivity contribution is 9.10. The molecule has 2 N–H and O–H groups in total. The van der Waals surface area contributed by atoms with E-state index in [1.807, 2.05) is 44.2 Å². The first kappa shape index (κ1) is 26.0. The van der Waals surface area contributed by atoms with Crippen molar-refractivity contribution in [1.29, 1.82) is 5.26 Å². The first-order chi connectivity index (χ1) is 18.3. The number of rotatable bonds is 5. The molecule has 2 heterocycles. The number of nitrogens with two attached hydrogens (primary N) is 1. The Kier molecular flexibility index (Phi) is 7.29. The molecule has 1 aliphatic carbocycles. The molecule has 3 aromatic rings. The van der Waals surface area contributed by atoms with E-state index >= 15 is 0 Å². The number of benzene rings is 2. The number of ketones is 1.